The second kappa shape index (κ2) is 5.68. The zero-order chi connectivity index (χ0) is 18.9. The van der Waals surface area contributed by atoms with Crippen LogP contribution in [0.1, 0.15) is 61.8 Å². The number of fused-ring (bicyclic) bond motifs is 9. The molecule has 2 aromatic carbocycles. The topological polar surface area (TPSA) is 15.3 Å². The molecule has 1 saturated carbocycles. The van der Waals surface area contributed by atoms with Crippen molar-refractivity contribution in [3.8, 4) is 0 Å². The third kappa shape index (κ3) is 2.26. The van der Waals surface area contributed by atoms with E-state index in [1.54, 1.807) is 11.1 Å². The fourth-order valence-corrected chi connectivity index (χ4v) is 6.41. The second-order valence-corrected chi connectivity index (χ2v) is 9.59. The lowest BCUT2D eigenvalue weighted by Crippen LogP contribution is -2.50. The van der Waals surface area contributed by atoms with Crippen LogP contribution in [0.5, 0.6) is 0 Å². The summed E-state index contributed by atoms with van der Waals surface area (Å²) in [5.41, 5.74) is 6.52. The first-order valence-corrected chi connectivity index (χ1v) is 10.6. The highest BCUT2D eigenvalue weighted by Crippen LogP contribution is 2.66. The highest BCUT2D eigenvalue weighted by molar-refractivity contribution is 5.57. The van der Waals surface area contributed by atoms with Crippen molar-refractivity contribution in [2.75, 3.05) is 20.6 Å². The molecule has 2 aliphatic heterocycles. The van der Waals surface area contributed by atoms with Crippen LogP contribution in [0.4, 0.5) is 0 Å². The average Bonchev–Trinajstić information content (AvgIpc) is 3.31. The van der Waals surface area contributed by atoms with E-state index in [-0.39, 0.29) is 11.1 Å². The molecule has 2 aromatic rings. The van der Waals surface area contributed by atoms with E-state index in [2.05, 4.69) is 86.7 Å². The third-order valence-electron chi connectivity index (χ3n) is 7.92. The van der Waals surface area contributed by atoms with Crippen molar-refractivity contribution in [3.63, 3.8) is 0 Å². The van der Waals surface area contributed by atoms with Gasteiger partial charge < -0.3 is 4.90 Å². The first kappa shape index (κ1) is 17.5. The van der Waals surface area contributed by atoms with Gasteiger partial charge in [-0.15, -0.1) is 0 Å². The zero-order valence-electron chi connectivity index (χ0n) is 17.2. The Morgan fingerprint density at radius 3 is 2.15 bits per heavy atom. The molecule has 5 rings (SSSR count). The molecule has 4 atom stereocenters. The van der Waals surface area contributed by atoms with Crippen LogP contribution in [0.3, 0.4) is 0 Å². The van der Waals surface area contributed by atoms with E-state index in [0.717, 1.165) is 12.5 Å². The smallest absolute Gasteiger partial charge is 0.0675 e. The first-order valence-electron chi connectivity index (χ1n) is 10.6. The lowest BCUT2D eigenvalue weighted by atomic mass is 9.76. The van der Waals surface area contributed by atoms with Crippen LogP contribution in [-0.2, 0) is 16.5 Å². The van der Waals surface area contributed by atoms with Gasteiger partial charge in [0, 0.05) is 5.54 Å². The maximum absolute atomic E-state index is 4.23. The van der Waals surface area contributed by atoms with Crippen molar-refractivity contribution in [3.05, 3.63) is 70.8 Å². The first-order chi connectivity index (χ1) is 13.0. The van der Waals surface area contributed by atoms with Crippen molar-refractivity contribution in [1.82, 2.24) is 10.2 Å². The Balaban J connectivity index is 1.75. The molecule has 2 heterocycles. The average molecular weight is 361 g/mol. The van der Waals surface area contributed by atoms with Gasteiger partial charge in [0.05, 0.1) is 5.54 Å². The standard InChI is InChI=1S/C25H32N2/c1-5-24-16-18(24)17-25(14-15-27(3)4)22-13-9-7-11-20(22)23(2,26-25)19-10-6-8-12-21(19)24/h6-13,18,26H,5,14-17H2,1-4H3/t18-,23-,24-,25?/m1/s1. The number of hydrogen-bond acceptors (Lipinski definition) is 2. The molecule has 0 amide bonds. The normalized spacial score (nSPS) is 35.8. The molecule has 0 aromatic heterocycles. The van der Waals surface area contributed by atoms with Crippen molar-refractivity contribution < 1.29 is 0 Å². The van der Waals surface area contributed by atoms with E-state index in [9.17, 15) is 0 Å². The Morgan fingerprint density at radius 2 is 1.52 bits per heavy atom. The van der Waals surface area contributed by atoms with Crippen molar-refractivity contribution in [2.45, 2.75) is 56.0 Å². The van der Waals surface area contributed by atoms with Gasteiger partial charge in [-0.05, 0) is 86.8 Å². The summed E-state index contributed by atoms with van der Waals surface area (Å²) in [6.07, 6.45) is 5.04. The molecular weight excluding hydrogens is 328 g/mol. The van der Waals surface area contributed by atoms with E-state index in [0.29, 0.717) is 5.41 Å². The van der Waals surface area contributed by atoms with E-state index < -0.39 is 0 Å². The molecule has 0 spiro atoms. The quantitative estimate of drug-likeness (QED) is 0.845. The Hall–Kier alpha value is -1.64. The summed E-state index contributed by atoms with van der Waals surface area (Å²) < 4.78 is 0. The van der Waals surface area contributed by atoms with Gasteiger partial charge in [-0.1, -0.05) is 55.5 Å². The summed E-state index contributed by atoms with van der Waals surface area (Å²) in [6.45, 7) is 5.94. The number of rotatable bonds is 4. The second-order valence-electron chi connectivity index (χ2n) is 9.59. The lowest BCUT2D eigenvalue weighted by molar-refractivity contribution is 0.205. The van der Waals surface area contributed by atoms with Crippen LogP contribution >= 0.6 is 0 Å². The Kier molecular flexibility index (Phi) is 3.68. The van der Waals surface area contributed by atoms with Crippen molar-refractivity contribution >= 4 is 0 Å². The lowest BCUT2D eigenvalue weighted by Gasteiger charge is -2.41. The SMILES string of the molecule is CC[C@@]12C[C@@H]1CC1(CCN(C)C)N[C@@](C)(c3ccccc31)c1ccccc12. The van der Waals surface area contributed by atoms with Gasteiger partial charge in [0.15, 0.2) is 0 Å². The number of benzene rings is 2. The van der Waals surface area contributed by atoms with E-state index >= 15 is 0 Å². The predicted octanol–water partition coefficient (Wildman–Crippen LogP) is 4.77. The predicted molar refractivity (Wildman–Crippen MR) is 112 cm³/mol. The molecule has 142 valence electrons. The molecule has 1 unspecified atom stereocenters. The number of nitrogens with zero attached hydrogens (tertiary/aromatic N) is 1. The Labute approximate surface area is 164 Å². The minimum Gasteiger partial charge on any atom is -0.309 e. The van der Waals surface area contributed by atoms with Gasteiger partial charge in [-0.3, -0.25) is 5.32 Å². The molecule has 1 fully saturated rings. The third-order valence-corrected chi connectivity index (χ3v) is 7.92. The number of nitrogens with one attached hydrogen (secondary N) is 1. The molecular formula is C25H32N2. The molecule has 1 N–H and O–H groups in total. The zero-order valence-corrected chi connectivity index (χ0v) is 17.2. The van der Waals surface area contributed by atoms with Crippen LogP contribution in [0.2, 0.25) is 0 Å². The number of hydrogen-bond donors (Lipinski definition) is 1. The molecule has 2 nitrogen and oxygen atoms in total. The Morgan fingerprint density at radius 1 is 0.926 bits per heavy atom. The van der Waals surface area contributed by atoms with Crippen LogP contribution in [-0.4, -0.2) is 25.5 Å². The maximum Gasteiger partial charge on any atom is 0.0675 e. The summed E-state index contributed by atoms with van der Waals surface area (Å²) in [5, 5.41) is 4.23. The van der Waals surface area contributed by atoms with E-state index in [1.165, 1.54) is 36.8 Å². The molecule has 0 radical (unpaired) electrons. The maximum atomic E-state index is 4.23. The fourth-order valence-electron chi connectivity index (χ4n) is 6.41. The van der Waals surface area contributed by atoms with Gasteiger partial charge in [0.1, 0.15) is 0 Å². The molecule has 1 aliphatic carbocycles. The van der Waals surface area contributed by atoms with Gasteiger partial charge in [-0.25, -0.2) is 0 Å². The van der Waals surface area contributed by atoms with Gasteiger partial charge >= 0.3 is 0 Å². The highest BCUT2D eigenvalue weighted by Gasteiger charge is 2.63. The van der Waals surface area contributed by atoms with Crippen molar-refractivity contribution in [2.24, 2.45) is 5.92 Å². The fraction of sp³-hybridized carbons (Fsp3) is 0.520. The minimum absolute atomic E-state index is 0.0880. The van der Waals surface area contributed by atoms with Crippen LogP contribution in [0, 0.1) is 5.92 Å². The van der Waals surface area contributed by atoms with Gasteiger partial charge in [0.2, 0.25) is 0 Å². The molecule has 2 heteroatoms. The van der Waals surface area contributed by atoms with E-state index in [4.69, 9.17) is 0 Å². The summed E-state index contributed by atoms with van der Waals surface area (Å²) in [7, 11) is 4.39. The van der Waals surface area contributed by atoms with Gasteiger partial charge in [0.25, 0.3) is 0 Å². The summed E-state index contributed by atoms with van der Waals surface area (Å²) in [4.78, 5) is 2.33. The van der Waals surface area contributed by atoms with E-state index in [1.807, 2.05) is 0 Å². The molecule has 3 aliphatic rings. The summed E-state index contributed by atoms with van der Waals surface area (Å²) >= 11 is 0. The molecule has 27 heavy (non-hydrogen) atoms. The summed E-state index contributed by atoms with van der Waals surface area (Å²) in [6, 6.07) is 18.5. The van der Waals surface area contributed by atoms with Crippen LogP contribution in [0.25, 0.3) is 0 Å². The highest BCUT2D eigenvalue weighted by atomic mass is 15.1. The Bertz CT molecular complexity index is 887. The largest absolute Gasteiger partial charge is 0.309 e. The molecule has 0 saturated heterocycles. The monoisotopic (exact) mass is 360 g/mol. The van der Waals surface area contributed by atoms with Gasteiger partial charge in [-0.2, -0.15) is 0 Å². The molecule has 2 bridgehead atoms. The minimum atomic E-state index is -0.102. The van der Waals surface area contributed by atoms with Crippen LogP contribution < -0.4 is 5.32 Å². The van der Waals surface area contributed by atoms with Crippen LogP contribution in [0.15, 0.2) is 48.5 Å². The summed E-state index contributed by atoms with van der Waals surface area (Å²) in [5.74, 6) is 0.786. The van der Waals surface area contributed by atoms with Crippen molar-refractivity contribution in [1.29, 1.82) is 0 Å².